The van der Waals surface area contributed by atoms with Gasteiger partial charge in [0.15, 0.2) is 0 Å². The van der Waals surface area contributed by atoms with Gasteiger partial charge in [-0.1, -0.05) is 6.92 Å². The molecule has 0 heterocycles. The number of hydrogen-bond acceptors (Lipinski definition) is 3. The van der Waals surface area contributed by atoms with Crippen LogP contribution in [0.1, 0.15) is 13.3 Å². The first-order valence-electron chi connectivity index (χ1n) is 3.89. The Balaban J connectivity index is 3.53. The summed E-state index contributed by atoms with van der Waals surface area (Å²) in [4.78, 5) is 0. The zero-order valence-corrected chi connectivity index (χ0v) is 9.12. The molecule has 0 aromatic heterocycles. The standard InChI is InChI=1S/C7H16O3S2/c1-3-7(8)6-12(10)5-4-11(2)9/h7-8H,3-6H2,1-2H3. The van der Waals surface area contributed by atoms with Crippen LogP contribution in [0.25, 0.3) is 0 Å². The van der Waals surface area contributed by atoms with E-state index in [-0.39, 0.29) is 0 Å². The molecule has 0 spiro atoms. The molecule has 0 aromatic carbocycles. The van der Waals surface area contributed by atoms with Crippen molar-refractivity contribution in [3.05, 3.63) is 0 Å². The van der Waals surface area contributed by atoms with E-state index in [1.807, 2.05) is 6.92 Å². The summed E-state index contributed by atoms with van der Waals surface area (Å²) < 4.78 is 21.8. The highest BCUT2D eigenvalue weighted by Crippen LogP contribution is 1.94. The van der Waals surface area contributed by atoms with Crippen LogP contribution >= 0.6 is 0 Å². The lowest BCUT2D eigenvalue weighted by Gasteiger charge is -2.05. The quantitative estimate of drug-likeness (QED) is 0.668. The van der Waals surface area contributed by atoms with Gasteiger partial charge in [-0.05, 0) is 6.42 Å². The van der Waals surface area contributed by atoms with Gasteiger partial charge in [-0.25, -0.2) is 0 Å². The molecule has 3 atom stereocenters. The molecular formula is C7H16O3S2. The van der Waals surface area contributed by atoms with E-state index in [9.17, 15) is 8.42 Å². The van der Waals surface area contributed by atoms with Crippen LogP contribution < -0.4 is 0 Å². The average Bonchev–Trinajstić information content (AvgIpc) is 2.00. The van der Waals surface area contributed by atoms with Gasteiger partial charge in [0, 0.05) is 45.1 Å². The molecule has 0 aliphatic heterocycles. The Morgan fingerprint density at radius 1 is 1.33 bits per heavy atom. The molecule has 12 heavy (non-hydrogen) atoms. The fourth-order valence-corrected chi connectivity index (χ4v) is 3.14. The summed E-state index contributed by atoms with van der Waals surface area (Å²) in [7, 11) is -1.89. The van der Waals surface area contributed by atoms with Gasteiger partial charge in [-0.2, -0.15) is 0 Å². The third-order valence-electron chi connectivity index (χ3n) is 1.45. The Bertz CT molecular complexity index is 170. The maximum atomic E-state index is 11.1. The third-order valence-corrected chi connectivity index (χ3v) is 3.90. The first-order chi connectivity index (χ1) is 5.56. The van der Waals surface area contributed by atoms with Crippen LogP contribution in [0, 0.1) is 0 Å². The fraction of sp³-hybridized carbons (Fsp3) is 1.00. The smallest absolute Gasteiger partial charge is 0.0652 e. The van der Waals surface area contributed by atoms with Crippen LogP contribution in [-0.2, 0) is 21.6 Å². The molecule has 0 saturated heterocycles. The Kier molecular flexibility index (Phi) is 6.89. The van der Waals surface area contributed by atoms with Gasteiger partial charge in [0.25, 0.3) is 0 Å². The van der Waals surface area contributed by atoms with Crippen LogP contribution in [-0.4, -0.2) is 43.1 Å². The van der Waals surface area contributed by atoms with Gasteiger partial charge >= 0.3 is 0 Å². The topological polar surface area (TPSA) is 54.4 Å². The fourth-order valence-electron chi connectivity index (χ4n) is 0.626. The number of rotatable bonds is 6. The van der Waals surface area contributed by atoms with Crippen molar-refractivity contribution < 1.29 is 13.5 Å². The zero-order chi connectivity index (χ0) is 9.56. The Hall–Kier alpha value is 0.260. The first kappa shape index (κ1) is 12.3. The van der Waals surface area contributed by atoms with Crippen molar-refractivity contribution >= 4 is 21.6 Å². The van der Waals surface area contributed by atoms with Gasteiger partial charge in [-0.15, -0.1) is 0 Å². The van der Waals surface area contributed by atoms with Crippen molar-refractivity contribution in [3.63, 3.8) is 0 Å². The molecule has 0 aromatic rings. The SMILES string of the molecule is CCC(O)CS(=O)CCS(C)=O. The highest BCUT2D eigenvalue weighted by molar-refractivity contribution is 7.88. The molecule has 3 unspecified atom stereocenters. The van der Waals surface area contributed by atoms with E-state index in [0.717, 1.165) is 0 Å². The molecule has 0 aliphatic rings. The number of hydrogen-bond donors (Lipinski definition) is 1. The maximum absolute atomic E-state index is 11.1. The van der Waals surface area contributed by atoms with Crippen molar-refractivity contribution in [2.24, 2.45) is 0 Å². The highest BCUT2D eigenvalue weighted by atomic mass is 32.2. The second-order valence-corrected chi connectivity index (χ2v) is 5.83. The van der Waals surface area contributed by atoms with Crippen molar-refractivity contribution in [1.29, 1.82) is 0 Å². The molecule has 3 nitrogen and oxygen atoms in total. The van der Waals surface area contributed by atoms with Gasteiger partial charge in [0.05, 0.1) is 6.10 Å². The summed E-state index contributed by atoms with van der Waals surface area (Å²) in [5.41, 5.74) is 0. The normalized spacial score (nSPS) is 18.6. The lowest BCUT2D eigenvalue weighted by Crippen LogP contribution is -2.19. The monoisotopic (exact) mass is 212 g/mol. The molecule has 0 saturated carbocycles. The van der Waals surface area contributed by atoms with E-state index in [4.69, 9.17) is 5.11 Å². The lowest BCUT2D eigenvalue weighted by atomic mass is 10.3. The summed E-state index contributed by atoms with van der Waals surface area (Å²) in [5, 5.41) is 9.12. The summed E-state index contributed by atoms with van der Waals surface area (Å²) in [6, 6.07) is 0. The summed E-state index contributed by atoms with van der Waals surface area (Å²) in [5.74, 6) is 1.21. The molecule has 0 bridgehead atoms. The maximum Gasteiger partial charge on any atom is 0.0652 e. The van der Waals surface area contributed by atoms with Crippen LogP contribution in [0.2, 0.25) is 0 Å². The summed E-state index contributed by atoms with van der Waals surface area (Å²) in [6.45, 7) is 1.85. The summed E-state index contributed by atoms with van der Waals surface area (Å²) >= 11 is 0. The van der Waals surface area contributed by atoms with Crippen molar-refractivity contribution in [2.45, 2.75) is 19.4 Å². The predicted octanol–water partition coefficient (Wildman–Crippen LogP) is -0.116. The van der Waals surface area contributed by atoms with E-state index in [1.54, 1.807) is 6.26 Å². The van der Waals surface area contributed by atoms with E-state index in [1.165, 1.54) is 0 Å². The highest BCUT2D eigenvalue weighted by Gasteiger charge is 2.07. The van der Waals surface area contributed by atoms with Crippen LogP contribution in [0.15, 0.2) is 0 Å². The van der Waals surface area contributed by atoms with Crippen molar-refractivity contribution in [3.8, 4) is 0 Å². The molecule has 0 aliphatic carbocycles. The van der Waals surface area contributed by atoms with Crippen LogP contribution in [0.3, 0.4) is 0 Å². The van der Waals surface area contributed by atoms with Crippen LogP contribution in [0.5, 0.6) is 0 Å². The van der Waals surface area contributed by atoms with Gasteiger partial charge < -0.3 is 5.11 Å². The van der Waals surface area contributed by atoms with E-state index in [0.29, 0.717) is 23.7 Å². The third kappa shape index (κ3) is 6.94. The van der Waals surface area contributed by atoms with Crippen molar-refractivity contribution in [2.75, 3.05) is 23.5 Å². The first-order valence-corrected chi connectivity index (χ1v) is 7.10. The van der Waals surface area contributed by atoms with Crippen LogP contribution in [0.4, 0.5) is 0 Å². The molecule has 5 heteroatoms. The second kappa shape index (κ2) is 6.74. The van der Waals surface area contributed by atoms with Gasteiger partial charge in [0.1, 0.15) is 0 Å². The van der Waals surface area contributed by atoms with E-state index in [2.05, 4.69) is 0 Å². The van der Waals surface area contributed by atoms with Crippen molar-refractivity contribution in [1.82, 2.24) is 0 Å². The largest absolute Gasteiger partial charge is 0.392 e. The lowest BCUT2D eigenvalue weighted by molar-refractivity contribution is 0.194. The minimum atomic E-state index is -1.01. The predicted molar refractivity (Wildman–Crippen MR) is 53.1 cm³/mol. The minimum Gasteiger partial charge on any atom is -0.392 e. The van der Waals surface area contributed by atoms with E-state index < -0.39 is 27.7 Å². The molecule has 74 valence electrons. The summed E-state index contributed by atoms with van der Waals surface area (Å²) in [6.07, 6.45) is 1.74. The number of aliphatic hydroxyl groups excluding tert-OH is 1. The second-order valence-electron chi connectivity index (χ2n) is 2.65. The molecule has 0 radical (unpaired) electrons. The Morgan fingerprint density at radius 2 is 1.92 bits per heavy atom. The van der Waals surface area contributed by atoms with E-state index >= 15 is 0 Å². The van der Waals surface area contributed by atoms with Gasteiger partial charge in [-0.3, -0.25) is 8.42 Å². The number of aliphatic hydroxyl groups is 1. The van der Waals surface area contributed by atoms with Gasteiger partial charge in [0.2, 0.25) is 0 Å². The average molecular weight is 212 g/mol. The minimum absolute atomic E-state index is 0.313. The molecular weight excluding hydrogens is 196 g/mol. The Labute approximate surface area is 78.5 Å². The zero-order valence-electron chi connectivity index (χ0n) is 7.49. The molecule has 1 N–H and O–H groups in total. The Morgan fingerprint density at radius 3 is 2.33 bits per heavy atom. The molecule has 0 amide bonds. The molecule has 0 fully saturated rings. The molecule has 0 rings (SSSR count).